The van der Waals surface area contributed by atoms with E-state index in [9.17, 15) is 24.1 Å². The average molecular weight is 379 g/mol. The monoisotopic (exact) mass is 379 g/mol. The van der Waals surface area contributed by atoms with Crippen molar-refractivity contribution in [3.63, 3.8) is 0 Å². The van der Waals surface area contributed by atoms with E-state index in [1.54, 1.807) is 36.4 Å². The Morgan fingerprint density at radius 2 is 1.78 bits per heavy atom. The van der Waals surface area contributed by atoms with E-state index in [-0.39, 0.29) is 20.3 Å². The van der Waals surface area contributed by atoms with Gasteiger partial charge in [-0.2, -0.15) is 10.5 Å². The zero-order valence-electron chi connectivity index (χ0n) is 14.0. The van der Waals surface area contributed by atoms with Gasteiger partial charge in [0.2, 0.25) is 0 Å². The van der Waals surface area contributed by atoms with Crippen molar-refractivity contribution in [3.8, 4) is 17.8 Å². The van der Waals surface area contributed by atoms with Crippen LogP contribution in [0, 0.1) is 41.2 Å². The fourth-order valence-corrected chi connectivity index (χ4v) is 3.50. The zero-order valence-corrected chi connectivity index (χ0v) is 14.8. The second kappa shape index (κ2) is 7.36. The summed E-state index contributed by atoms with van der Waals surface area (Å²) in [6.07, 6.45) is 1.28. The van der Waals surface area contributed by atoms with Crippen LogP contribution in [0.1, 0.15) is 11.1 Å². The number of benzene rings is 2. The second-order valence-electron chi connectivity index (χ2n) is 5.66. The van der Waals surface area contributed by atoms with Gasteiger partial charge in [-0.25, -0.2) is 8.78 Å². The molecule has 3 aromatic rings. The normalized spacial score (nSPS) is 11.1. The van der Waals surface area contributed by atoms with E-state index in [1.165, 1.54) is 16.7 Å². The quantitative estimate of drug-likeness (QED) is 0.687. The number of nitrogens with zero attached hydrogens (tertiary/aromatic N) is 3. The largest absolute Gasteiger partial charge is 0.273 e. The summed E-state index contributed by atoms with van der Waals surface area (Å²) < 4.78 is 28.6. The molecule has 0 N–H and O–H groups in total. The second-order valence-corrected chi connectivity index (χ2v) is 6.69. The molecule has 0 unspecified atom stereocenters. The van der Waals surface area contributed by atoms with Gasteiger partial charge >= 0.3 is 0 Å². The van der Waals surface area contributed by atoms with Crippen molar-refractivity contribution in [1.82, 2.24) is 4.57 Å². The summed E-state index contributed by atoms with van der Waals surface area (Å²) in [4.78, 5) is 12.9. The molecule has 1 aromatic heterocycles. The molecule has 0 saturated carbocycles. The summed E-state index contributed by atoms with van der Waals surface area (Å²) in [5.41, 5.74) is 0.780. The Hall–Kier alpha value is -3.55. The Morgan fingerprint density at radius 3 is 2.37 bits per heavy atom. The van der Waals surface area contributed by atoms with E-state index in [4.69, 9.17) is 0 Å². The predicted octanol–water partition coefficient (Wildman–Crippen LogP) is 2.51. The van der Waals surface area contributed by atoms with Crippen LogP contribution in [-0.2, 0) is 0 Å². The summed E-state index contributed by atoms with van der Waals surface area (Å²) in [7, 11) is 0. The number of aryl methyl sites for hydroxylation is 1. The van der Waals surface area contributed by atoms with Gasteiger partial charge in [0.15, 0.2) is 5.57 Å². The molecule has 3 rings (SSSR count). The van der Waals surface area contributed by atoms with Gasteiger partial charge in [0.05, 0.1) is 10.2 Å². The van der Waals surface area contributed by atoms with E-state index in [1.807, 2.05) is 6.92 Å². The van der Waals surface area contributed by atoms with Crippen LogP contribution in [0.15, 0.2) is 47.3 Å². The first-order valence-electron chi connectivity index (χ1n) is 7.75. The highest BCUT2D eigenvalue weighted by Gasteiger charge is 2.12. The lowest BCUT2D eigenvalue weighted by Gasteiger charge is -2.02. The van der Waals surface area contributed by atoms with E-state index in [0.29, 0.717) is 5.69 Å². The molecule has 0 saturated heterocycles. The minimum absolute atomic E-state index is 0.0350. The maximum Gasteiger partial charge on any atom is 0.273 e. The average Bonchev–Trinajstić information content (AvgIpc) is 2.96. The molecule has 27 heavy (non-hydrogen) atoms. The van der Waals surface area contributed by atoms with Crippen molar-refractivity contribution in [2.75, 3.05) is 0 Å². The lowest BCUT2D eigenvalue weighted by atomic mass is 10.2. The molecule has 0 atom stereocenters. The van der Waals surface area contributed by atoms with Crippen LogP contribution >= 0.6 is 11.3 Å². The smallest absolute Gasteiger partial charge is 0.267 e. The summed E-state index contributed by atoms with van der Waals surface area (Å²) in [6.45, 7) is 1.89. The van der Waals surface area contributed by atoms with Crippen molar-refractivity contribution in [2.24, 2.45) is 0 Å². The first-order chi connectivity index (χ1) is 12.9. The molecule has 0 radical (unpaired) electrons. The summed E-state index contributed by atoms with van der Waals surface area (Å²) in [5, 5.41) is 18.5. The van der Waals surface area contributed by atoms with Crippen LogP contribution in [0.5, 0.6) is 0 Å². The minimum atomic E-state index is -0.809. The van der Waals surface area contributed by atoms with Gasteiger partial charge in [-0.3, -0.25) is 9.36 Å². The molecule has 0 bridgehead atoms. The third kappa shape index (κ3) is 3.55. The van der Waals surface area contributed by atoms with Gasteiger partial charge in [0.1, 0.15) is 28.4 Å². The highest BCUT2D eigenvalue weighted by molar-refractivity contribution is 7.07. The Labute approximate surface area is 156 Å². The molecule has 7 heteroatoms. The first kappa shape index (κ1) is 18.2. The molecule has 0 amide bonds. The number of nitriles is 2. The van der Waals surface area contributed by atoms with Gasteiger partial charge in [-0.1, -0.05) is 17.7 Å². The Kier molecular flexibility index (Phi) is 4.98. The van der Waals surface area contributed by atoms with Crippen LogP contribution < -0.4 is 14.8 Å². The van der Waals surface area contributed by atoms with Crippen LogP contribution in [0.3, 0.4) is 0 Å². The number of thiazole rings is 1. The fraction of sp³-hybridized carbons (Fsp3) is 0.0500. The molecule has 1 heterocycles. The molecular formula is C20H11F2N3OS. The van der Waals surface area contributed by atoms with Crippen molar-refractivity contribution < 1.29 is 8.78 Å². The fourth-order valence-electron chi connectivity index (χ4n) is 2.46. The number of halogens is 2. The molecule has 2 aromatic carbocycles. The van der Waals surface area contributed by atoms with E-state index in [2.05, 4.69) is 0 Å². The van der Waals surface area contributed by atoms with Crippen LogP contribution in [-0.4, -0.2) is 4.57 Å². The molecule has 4 nitrogen and oxygen atoms in total. The molecule has 0 fully saturated rings. The predicted molar refractivity (Wildman–Crippen MR) is 98.5 cm³/mol. The van der Waals surface area contributed by atoms with Crippen molar-refractivity contribution in [3.05, 3.63) is 84.8 Å². The number of rotatable bonds is 2. The summed E-state index contributed by atoms with van der Waals surface area (Å²) in [6, 6.07) is 13.6. The zero-order chi connectivity index (χ0) is 19.6. The van der Waals surface area contributed by atoms with E-state index < -0.39 is 17.2 Å². The lowest BCUT2D eigenvalue weighted by molar-refractivity contribution is 0.581. The van der Waals surface area contributed by atoms with Gasteiger partial charge in [-0.15, -0.1) is 11.3 Å². The summed E-state index contributed by atoms with van der Waals surface area (Å²) in [5.74, 6) is -1.53. The third-order valence-electron chi connectivity index (χ3n) is 3.80. The van der Waals surface area contributed by atoms with Crippen molar-refractivity contribution in [1.29, 1.82) is 10.5 Å². The summed E-state index contributed by atoms with van der Waals surface area (Å²) >= 11 is 0.903. The first-order valence-corrected chi connectivity index (χ1v) is 8.56. The maximum absolute atomic E-state index is 13.9. The molecule has 0 spiro atoms. The van der Waals surface area contributed by atoms with Gasteiger partial charge in [0, 0.05) is 11.6 Å². The Bertz CT molecular complexity index is 1270. The molecule has 0 aliphatic carbocycles. The standard InChI is InChI=1S/C20H11F2N3OS/c1-12-2-6-16(7-3-12)25-19(26)18(27-20(25)14(10-23)11-24)8-13-4-5-15(21)9-17(13)22/h2-9H,1H3/b18-8+. The minimum Gasteiger partial charge on any atom is -0.267 e. The lowest BCUT2D eigenvalue weighted by Crippen LogP contribution is -2.30. The van der Waals surface area contributed by atoms with Gasteiger partial charge in [-0.05, 0) is 37.3 Å². The van der Waals surface area contributed by atoms with Crippen molar-refractivity contribution in [2.45, 2.75) is 6.92 Å². The van der Waals surface area contributed by atoms with E-state index in [0.717, 1.165) is 29.0 Å². The van der Waals surface area contributed by atoms with E-state index >= 15 is 0 Å². The Morgan fingerprint density at radius 1 is 1.11 bits per heavy atom. The van der Waals surface area contributed by atoms with Crippen LogP contribution in [0.25, 0.3) is 17.3 Å². The molecule has 0 aliphatic heterocycles. The highest BCUT2D eigenvalue weighted by atomic mass is 32.1. The number of aromatic nitrogens is 1. The third-order valence-corrected chi connectivity index (χ3v) is 4.89. The molecule has 0 aliphatic rings. The molecule has 132 valence electrons. The SMILES string of the molecule is Cc1ccc(-n2c(=C(C#N)C#N)s/c(=C/c3ccc(F)cc3F)c2=O)cc1. The highest BCUT2D eigenvalue weighted by Crippen LogP contribution is 2.10. The Balaban J connectivity index is 2.39. The topological polar surface area (TPSA) is 69.6 Å². The maximum atomic E-state index is 13.9. The van der Waals surface area contributed by atoms with Gasteiger partial charge < -0.3 is 0 Å². The number of hydrogen-bond donors (Lipinski definition) is 0. The van der Waals surface area contributed by atoms with Crippen molar-refractivity contribution >= 4 is 23.0 Å². The van der Waals surface area contributed by atoms with Crippen LogP contribution in [0.4, 0.5) is 8.78 Å². The van der Waals surface area contributed by atoms with Crippen LogP contribution in [0.2, 0.25) is 0 Å². The molecular weight excluding hydrogens is 368 g/mol. The van der Waals surface area contributed by atoms with Gasteiger partial charge in [0.25, 0.3) is 5.56 Å². The number of hydrogen-bond acceptors (Lipinski definition) is 4.